The maximum Gasteiger partial charge on any atom is 2.00 e. The minimum absolute atomic E-state index is 0. The molecule has 12 heavy (non-hydrogen) atoms. The normalized spacial score (nSPS) is 8.25. The van der Waals surface area contributed by atoms with E-state index >= 15 is 0 Å². The van der Waals surface area contributed by atoms with Crippen molar-refractivity contribution in [3.05, 3.63) is 0 Å². The molecule has 68 valence electrons. The van der Waals surface area contributed by atoms with Gasteiger partial charge in [-0.2, -0.15) is 0 Å². The van der Waals surface area contributed by atoms with Crippen LogP contribution in [0.5, 0.6) is 0 Å². The topological polar surface area (TPSA) is 34.1 Å². The van der Waals surface area contributed by atoms with Gasteiger partial charge in [0, 0.05) is 6.42 Å². The molecule has 0 amide bonds. The van der Waals surface area contributed by atoms with Crippen molar-refractivity contribution in [2.45, 2.75) is 27.2 Å². The van der Waals surface area contributed by atoms with Gasteiger partial charge in [0.25, 0.3) is 0 Å². The molecule has 0 bridgehead atoms. The molecule has 0 heterocycles. The second-order valence-electron chi connectivity index (χ2n) is 2.62. The van der Waals surface area contributed by atoms with E-state index in [9.17, 15) is 9.59 Å². The van der Waals surface area contributed by atoms with Crippen molar-refractivity contribution in [1.29, 1.82) is 0 Å². The molecule has 0 radical (unpaired) electrons. The summed E-state index contributed by atoms with van der Waals surface area (Å²) in [4.78, 5) is 21.0. The van der Waals surface area contributed by atoms with Crippen LogP contribution in [0.25, 0.3) is 0 Å². The molecule has 0 aliphatic rings. The van der Waals surface area contributed by atoms with E-state index in [0.29, 0.717) is 12.7 Å². The molecule has 0 spiro atoms. The Morgan fingerprint density at radius 3 is 1.75 bits per heavy atom. The molecule has 0 aromatic carbocycles. The van der Waals surface area contributed by atoms with Crippen LogP contribution in [0.1, 0.15) is 27.2 Å². The Bertz CT molecular complexity index is 137. The van der Waals surface area contributed by atoms with Gasteiger partial charge in [-0.05, 0) is 13.8 Å². The zero-order chi connectivity index (χ0) is 7.49. The zero-order valence-electron chi connectivity index (χ0n) is 7.56. The predicted molar refractivity (Wildman–Crippen MR) is 40.9 cm³/mol. The molecule has 0 fully saturated rings. The monoisotopic (exact) mass is 310 g/mol. The number of rotatable bonds is 3. The van der Waals surface area contributed by atoms with Crippen molar-refractivity contribution in [2.24, 2.45) is 5.41 Å². The number of aldehydes is 1. The summed E-state index contributed by atoms with van der Waals surface area (Å²) in [6, 6.07) is 0. The van der Waals surface area contributed by atoms with Crippen LogP contribution in [0.2, 0.25) is 0 Å². The molecule has 0 aliphatic carbocycles. The summed E-state index contributed by atoms with van der Waals surface area (Å²) in [5.74, 6) is -0.00231. The Labute approximate surface area is 111 Å². The Balaban J connectivity index is -0.000000107. The summed E-state index contributed by atoms with van der Waals surface area (Å²) in [6.45, 7) is 5.02. The first-order chi connectivity index (χ1) is 4.04. The molecule has 0 rings (SSSR count). The SMILES string of the molecule is CCC(=O)C(C)(C)C=O.[Br-].[Br-].[Mg+2]. The van der Waals surface area contributed by atoms with Crippen molar-refractivity contribution in [1.82, 2.24) is 0 Å². The zero-order valence-corrected chi connectivity index (χ0v) is 12.2. The van der Waals surface area contributed by atoms with Crippen LogP contribution < -0.4 is 34.0 Å². The number of carbonyl (C=O) groups is 2. The molecule has 0 unspecified atom stereocenters. The van der Waals surface area contributed by atoms with Crippen LogP contribution in [0.4, 0.5) is 0 Å². The molecule has 0 aliphatic heterocycles. The second-order valence-corrected chi connectivity index (χ2v) is 2.62. The number of hydrogen-bond donors (Lipinski definition) is 0. The van der Waals surface area contributed by atoms with E-state index in [2.05, 4.69) is 0 Å². The molecule has 0 N–H and O–H groups in total. The first-order valence-electron chi connectivity index (χ1n) is 3.04. The van der Waals surface area contributed by atoms with Crippen molar-refractivity contribution in [2.75, 3.05) is 0 Å². The largest absolute Gasteiger partial charge is 2.00 e. The number of hydrogen-bond acceptors (Lipinski definition) is 2. The van der Waals surface area contributed by atoms with E-state index in [1.165, 1.54) is 0 Å². The molecule has 0 saturated heterocycles. The van der Waals surface area contributed by atoms with Crippen LogP contribution >= 0.6 is 0 Å². The van der Waals surface area contributed by atoms with Crippen LogP contribution in [0.15, 0.2) is 0 Å². The first kappa shape index (κ1) is 23.1. The fourth-order valence-electron chi connectivity index (χ4n) is 0.521. The van der Waals surface area contributed by atoms with Crippen molar-refractivity contribution < 1.29 is 43.6 Å². The van der Waals surface area contributed by atoms with E-state index in [4.69, 9.17) is 0 Å². The van der Waals surface area contributed by atoms with Gasteiger partial charge >= 0.3 is 23.1 Å². The van der Waals surface area contributed by atoms with E-state index < -0.39 is 5.41 Å². The average Bonchev–Trinajstić information content (AvgIpc) is 1.86. The van der Waals surface area contributed by atoms with Crippen LogP contribution in [0, 0.1) is 5.41 Å². The summed E-state index contributed by atoms with van der Waals surface area (Å²) < 4.78 is 0. The third kappa shape index (κ3) is 7.70. The average molecular weight is 312 g/mol. The van der Waals surface area contributed by atoms with Crippen molar-refractivity contribution in [3.8, 4) is 0 Å². The van der Waals surface area contributed by atoms with Crippen LogP contribution in [-0.2, 0) is 9.59 Å². The molecule has 2 nitrogen and oxygen atoms in total. The van der Waals surface area contributed by atoms with Gasteiger partial charge in [-0.1, -0.05) is 6.92 Å². The van der Waals surface area contributed by atoms with E-state index in [1.807, 2.05) is 0 Å². The second kappa shape index (κ2) is 10.1. The third-order valence-electron chi connectivity index (χ3n) is 1.33. The van der Waals surface area contributed by atoms with Gasteiger partial charge in [0.1, 0.15) is 12.1 Å². The number of Topliss-reactive ketones (excluding diaryl/α,β-unsaturated/α-hetero) is 1. The van der Waals surface area contributed by atoms with E-state index in [-0.39, 0.29) is 62.8 Å². The standard InChI is InChI=1S/C7H12O2.2BrH.Mg/c1-4-6(9)7(2,3)5-8;;;/h5H,4H2,1-3H3;2*1H;/q;;;+2/p-2. The number of halogens is 2. The smallest absolute Gasteiger partial charge is 1.00 e. The summed E-state index contributed by atoms with van der Waals surface area (Å²) >= 11 is 0. The van der Waals surface area contributed by atoms with Gasteiger partial charge < -0.3 is 38.8 Å². The quantitative estimate of drug-likeness (QED) is 0.297. The van der Waals surface area contributed by atoms with Crippen LogP contribution in [-0.4, -0.2) is 35.1 Å². The minimum atomic E-state index is -0.769. The summed E-state index contributed by atoms with van der Waals surface area (Å²) in [6.07, 6.45) is 1.13. The van der Waals surface area contributed by atoms with Gasteiger partial charge in [0.2, 0.25) is 0 Å². The van der Waals surface area contributed by atoms with Crippen molar-refractivity contribution >= 4 is 35.1 Å². The molecule has 5 heteroatoms. The fourth-order valence-corrected chi connectivity index (χ4v) is 0.521. The van der Waals surface area contributed by atoms with Gasteiger partial charge in [-0.15, -0.1) is 0 Å². The van der Waals surface area contributed by atoms with Gasteiger partial charge in [-0.25, -0.2) is 0 Å². The van der Waals surface area contributed by atoms with Crippen molar-refractivity contribution in [3.63, 3.8) is 0 Å². The number of carbonyl (C=O) groups excluding carboxylic acids is 2. The van der Waals surface area contributed by atoms with Gasteiger partial charge in [0.05, 0.1) is 5.41 Å². The molecular weight excluding hydrogens is 300 g/mol. The summed E-state index contributed by atoms with van der Waals surface area (Å²) in [5, 5.41) is 0. The number of ketones is 1. The fraction of sp³-hybridized carbons (Fsp3) is 0.714. The Morgan fingerprint density at radius 1 is 1.33 bits per heavy atom. The molecule has 0 atom stereocenters. The predicted octanol–water partition coefficient (Wildman–Crippen LogP) is -5.18. The molecule has 0 saturated carbocycles. The third-order valence-corrected chi connectivity index (χ3v) is 1.33. The molecule has 0 aromatic heterocycles. The Morgan fingerprint density at radius 2 is 1.67 bits per heavy atom. The maximum atomic E-state index is 10.8. The van der Waals surface area contributed by atoms with Crippen LogP contribution in [0.3, 0.4) is 0 Å². The summed E-state index contributed by atoms with van der Waals surface area (Å²) in [5.41, 5.74) is -0.769. The Kier molecular flexibility index (Phi) is 19.6. The maximum absolute atomic E-state index is 10.8. The van der Waals surface area contributed by atoms with E-state index in [1.54, 1.807) is 20.8 Å². The van der Waals surface area contributed by atoms with Gasteiger partial charge in [-0.3, -0.25) is 4.79 Å². The Hall–Kier alpha value is 1.07. The molecule has 0 aromatic rings. The first-order valence-corrected chi connectivity index (χ1v) is 3.04. The molecular formula is C7H12Br2MgO2. The van der Waals surface area contributed by atoms with Gasteiger partial charge in [0.15, 0.2) is 0 Å². The summed E-state index contributed by atoms with van der Waals surface area (Å²) in [7, 11) is 0. The minimum Gasteiger partial charge on any atom is -1.00 e. The van der Waals surface area contributed by atoms with E-state index in [0.717, 1.165) is 0 Å².